The number of halogens is 1. The summed E-state index contributed by atoms with van der Waals surface area (Å²) in [6.45, 7) is 9.11. The highest BCUT2D eigenvalue weighted by Crippen LogP contribution is 2.29. The van der Waals surface area contributed by atoms with Gasteiger partial charge in [-0.05, 0) is 36.5 Å². The van der Waals surface area contributed by atoms with Crippen molar-refractivity contribution in [3.05, 3.63) is 35.0 Å². The third-order valence-corrected chi connectivity index (χ3v) is 7.05. The predicted octanol–water partition coefficient (Wildman–Crippen LogP) is 3.30. The molecule has 2 amide bonds. The topological polar surface area (TPSA) is 43.9 Å². The number of nitrogens with zero attached hydrogens (tertiary/aromatic N) is 3. The maximum Gasteiger partial charge on any atom is 0.264 e. The Hall–Kier alpha value is -1.99. The van der Waals surface area contributed by atoms with Crippen LogP contribution in [0.1, 0.15) is 29.9 Å². The molecule has 2 aliphatic heterocycles. The molecule has 5 nitrogen and oxygen atoms in total. The Bertz CT molecular complexity index is 897. The van der Waals surface area contributed by atoms with Crippen molar-refractivity contribution < 1.29 is 14.0 Å². The molecule has 0 radical (unpaired) electrons. The summed E-state index contributed by atoms with van der Waals surface area (Å²) in [5.41, 5.74) is 0. The third kappa shape index (κ3) is 4.46. The Morgan fingerprint density at radius 3 is 2.41 bits per heavy atom. The highest BCUT2D eigenvalue weighted by molar-refractivity contribution is 7.20. The van der Waals surface area contributed by atoms with Gasteiger partial charge >= 0.3 is 0 Å². The van der Waals surface area contributed by atoms with Crippen molar-refractivity contribution >= 4 is 33.2 Å². The zero-order valence-electron chi connectivity index (χ0n) is 17.1. The molecular formula is C22H28FN3O2S. The molecule has 0 N–H and O–H groups in total. The normalized spacial score (nSPS) is 23.6. The summed E-state index contributed by atoms with van der Waals surface area (Å²) in [6.07, 6.45) is 1.19. The molecule has 3 heterocycles. The second-order valence-corrected chi connectivity index (χ2v) is 9.66. The number of piperidine rings is 1. The minimum absolute atomic E-state index is 0.0461. The number of piperazine rings is 1. The largest absolute Gasteiger partial charge is 0.341 e. The van der Waals surface area contributed by atoms with E-state index < -0.39 is 0 Å². The molecule has 0 spiro atoms. The molecule has 2 atom stereocenters. The standard InChI is InChI=1S/C22H28FN3O2S/c1-15-10-16(2)13-26(12-15)21(27)14-24-6-8-25(9-7-24)22(28)20-11-17-18(23)4-3-5-19(17)29-20/h3-5,11,15-16H,6-10,12-14H2,1-2H3. The van der Waals surface area contributed by atoms with E-state index in [9.17, 15) is 14.0 Å². The maximum atomic E-state index is 13.9. The molecule has 2 unspecified atom stereocenters. The van der Waals surface area contributed by atoms with Gasteiger partial charge in [-0.1, -0.05) is 19.9 Å². The lowest BCUT2D eigenvalue weighted by atomic mass is 9.92. The van der Waals surface area contributed by atoms with E-state index in [2.05, 4.69) is 18.7 Å². The average molecular weight is 418 g/mol. The Balaban J connectivity index is 1.32. The van der Waals surface area contributed by atoms with Crippen LogP contribution in [0.3, 0.4) is 0 Å². The molecule has 7 heteroatoms. The van der Waals surface area contributed by atoms with E-state index in [4.69, 9.17) is 0 Å². The minimum atomic E-state index is -0.289. The minimum Gasteiger partial charge on any atom is -0.341 e. The highest BCUT2D eigenvalue weighted by atomic mass is 32.1. The van der Waals surface area contributed by atoms with Gasteiger partial charge in [0.25, 0.3) is 5.91 Å². The molecule has 0 bridgehead atoms. The van der Waals surface area contributed by atoms with Gasteiger partial charge in [0.05, 0.1) is 11.4 Å². The van der Waals surface area contributed by atoms with Crippen LogP contribution >= 0.6 is 11.3 Å². The Morgan fingerprint density at radius 1 is 1.07 bits per heavy atom. The second-order valence-electron chi connectivity index (χ2n) is 8.58. The van der Waals surface area contributed by atoms with Crippen molar-refractivity contribution in [1.29, 1.82) is 0 Å². The monoisotopic (exact) mass is 417 g/mol. The van der Waals surface area contributed by atoms with Gasteiger partial charge in [0, 0.05) is 49.4 Å². The van der Waals surface area contributed by atoms with Crippen LogP contribution in [0.15, 0.2) is 24.3 Å². The first kappa shape index (κ1) is 20.3. The van der Waals surface area contributed by atoms with Gasteiger partial charge in [-0.2, -0.15) is 0 Å². The summed E-state index contributed by atoms with van der Waals surface area (Å²) in [5.74, 6) is 0.979. The fourth-order valence-corrected chi connectivity index (χ4v) is 5.60. The lowest BCUT2D eigenvalue weighted by molar-refractivity contribution is -0.135. The molecule has 1 aromatic heterocycles. The molecule has 0 aliphatic carbocycles. The molecule has 0 saturated carbocycles. The first-order valence-corrected chi connectivity index (χ1v) is 11.2. The van der Waals surface area contributed by atoms with Gasteiger partial charge in [-0.3, -0.25) is 14.5 Å². The van der Waals surface area contributed by atoms with Crippen molar-refractivity contribution in [2.45, 2.75) is 20.3 Å². The number of hydrogen-bond donors (Lipinski definition) is 0. The van der Waals surface area contributed by atoms with Gasteiger partial charge in [0.2, 0.25) is 5.91 Å². The quantitative estimate of drug-likeness (QED) is 0.770. The van der Waals surface area contributed by atoms with E-state index in [0.29, 0.717) is 54.8 Å². The van der Waals surface area contributed by atoms with Gasteiger partial charge in [0.15, 0.2) is 0 Å². The fourth-order valence-electron chi connectivity index (χ4n) is 4.55. The van der Waals surface area contributed by atoms with Crippen LogP contribution in [-0.2, 0) is 4.79 Å². The molecule has 1 aromatic carbocycles. The van der Waals surface area contributed by atoms with E-state index in [1.54, 1.807) is 12.1 Å². The average Bonchev–Trinajstić information content (AvgIpc) is 3.13. The smallest absolute Gasteiger partial charge is 0.264 e. The van der Waals surface area contributed by atoms with Gasteiger partial charge in [0.1, 0.15) is 5.82 Å². The van der Waals surface area contributed by atoms with E-state index >= 15 is 0 Å². The first-order chi connectivity index (χ1) is 13.9. The molecule has 2 fully saturated rings. The SMILES string of the molecule is CC1CC(C)CN(C(=O)CN2CCN(C(=O)c3cc4c(F)cccc4s3)CC2)C1. The Labute approximate surface area is 175 Å². The number of benzene rings is 1. The summed E-state index contributed by atoms with van der Waals surface area (Å²) >= 11 is 1.34. The number of thiophene rings is 1. The number of rotatable bonds is 3. The molecule has 156 valence electrons. The van der Waals surface area contributed by atoms with Crippen molar-refractivity contribution in [3.8, 4) is 0 Å². The number of hydrogen-bond acceptors (Lipinski definition) is 4. The van der Waals surface area contributed by atoms with Crippen LogP contribution in [0, 0.1) is 17.7 Å². The second kappa shape index (κ2) is 8.40. The molecule has 2 saturated heterocycles. The maximum absolute atomic E-state index is 13.9. The third-order valence-electron chi connectivity index (χ3n) is 5.96. The Morgan fingerprint density at radius 2 is 1.76 bits per heavy atom. The van der Waals surface area contributed by atoms with Crippen molar-refractivity contribution in [3.63, 3.8) is 0 Å². The highest BCUT2D eigenvalue weighted by Gasteiger charge is 2.29. The molecular weight excluding hydrogens is 389 g/mol. The van der Waals surface area contributed by atoms with Gasteiger partial charge in [-0.25, -0.2) is 4.39 Å². The van der Waals surface area contributed by atoms with Crippen molar-refractivity contribution in [2.24, 2.45) is 11.8 Å². The summed E-state index contributed by atoms with van der Waals surface area (Å²) in [7, 11) is 0. The Kier molecular flexibility index (Phi) is 5.88. The lowest BCUT2D eigenvalue weighted by Crippen LogP contribution is -2.52. The molecule has 2 aliphatic rings. The summed E-state index contributed by atoms with van der Waals surface area (Å²) in [6, 6.07) is 6.59. The van der Waals surface area contributed by atoms with E-state index in [0.717, 1.165) is 17.8 Å². The first-order valence-electron chi connectivity index (χ1n) is 10.4. The summed E-state index contributed by atoms with van der Waals surface area (Å²) in [4.78, 5) is 32.1. The summed E-state index contributed by atoms with van der Waals surface area (Å²) < 4.78 is 14.7. The van der Waals surface area contributed by atoms with Crippen LogP contribution in [0.25, 0.3) is 10.1 Å². The molecule has 4 rings (SSSR count). The number of carbonyl (C=O) groups excluding carboxylic acids is 2. The zero-order chi connectivity index (χ0) is 20.5. The van der Waals surface area contributed by atoms with E-state index in [1.807, 2.05) is 15.9 Å². The van der Waals surface area contributed by atoms with Gasteiger partial charge in [-0.15, -0.1) is 11.3 Å². The zero-order valence-corrected chi connectivity index (χ0v) is 17.9. The van der Waals surface area contributed by atoms with Crippen LogP contribution < -0.4 is 0 Å². The number of fused-ring (bicyclic) bond motifs is 1. The van der Waals surface area contributed by atoms with Crippen molar-refractivity contribution in [1.82, 2.24) is 14.7 Å². The predicted molar refractivity (Wildman–Crippen MR) is 114 cm³/mol. The summed E-state index contributed by atoms with van der Waals surface area (Å²) in [5, 5.41) is 0.509. The number of amides is 2. The number of likely N-dealkylation sites (tertiary alicyclic amines) is 1. The van der Waals surface area contributed by atoms with Crippen LogP contribution in [0.5, 0.6) is 0 Å². The molecule has 2 aromatic rings. The van der Waals surface area contributed by atoms with Crippen LogP contribution in [-0.4, -0.2) is 72.3 Å². The molecule has 29 heavy (non-hydrogen) atoms. The lowest BCUT2D eigenvalue weighted by Gasteiger charge is -2.38. The van der Waals surface area contributed by atoms with Gasteiger partial charge < -0.3 is 9.80 Å². The fraction of sp³-hybridized carbons (Fsp3) is 0.545. The van der Waals surface area contributed by atoms with Crippen LogP contribution in [0.2, 0.25) is 0 Å². The van der Waals surface area contributed by atoms with Crippen molar-refractivity contribution in [2.75, 3.05) is 45.8 Å². The van der Waals surface area contributed by atoms with E-state index in [1.165, 1.54) is 23.8 Å². The number of carbonyl (C=O) groups is 2. The van der Waals surface area contributed by atoms with Crippen LogP contribution in [0.4, 0.5) is 4.39 Å². The van der Waals surface area contributed by atoms with E-state index in [-0.39, 0.29) is 17.6 Å².